The molecule has 1 fully saturated rings. The van der Waals surface area contributed by atoms with E-state index in [0.29, 0.717) is 0 Å². The lowest BCUT2D eigenvalue weighted by Crippen LogP contribution is -2.28. The maximum atomic E-state index is 12.8. The fourth-order valence-electron chi connectivity index (χ4n) is 3.70. The maximum absolute atomic E-state index is 12.8. The quantitative estimate of drug-likeness (QED) is 0.669. The van der Waals surface area contributed by atoms with Gasteiger partial charge in [-0.05, 0) is 30.4 Å². The second-order valence-corrected chi connectivity index (χ2v) is 6.06. The van der Waals surface area contributed by atoms with Gasteiger partial charge < -0.3 is 0 Å². The fourth-order valence-corrected chi connectivity index (χ4v) is 3.70. The molecule has 1 unspecified atom stereocenters. The van der Waals surface area contributed by atoms with Crippen LogP contribution in [-0.2, 0) is 5.41 Å². The van der Waals surface area contributed by atoms with Crippen LogP contribution in [0.3, 0.4) is 0 Å². The number of benzene rings is 1. The zero-order valence-electron chi connectivity index (χ0n) is 11.9. The first-order valence-corrected chi connectivity index (χ1v) is 7.53. The second-order valence-electron chi connectivity index (χ2n) is 6.06. The van der Waals surface area contributed by atoms with Crippen molar-refractivity contribution in [2.75, 3.05) is 0 Å². The van der Waals surface area contributed by atoms with Crippen LogP contribution in [0.25, 0.3) is 0 Å². The minimum Gasteiger partial charge on any atom is -0.170 e. The maximum Gasteiger partial charge on any atom is 0.395 e. The molecule has 2 aliphatic carbocycles. The molecule has 0 saturated heterocycles. The molecule has 0 spiro atoms. The molecule has 1 aromatic carbocycles. The van der Waals surface area contributed by atoms with E-state index in [1.165, 1.54) is 11.6 Å². The molecule has 0 heterocycles. The Balaban J connectivity index is 1.91. The standard InChI is InChI=1S/C18H19F3/c19-18(20,21)16-10-8-15(9-11-16)17(12-4-5-13-17)14-6-2-1-3-7-14/h1-3,6-10,16H,4-5,11-13H2. The molecule has 112 valence electrons. The molecule has 0 nitrogen and oxygen atoms in total. The van der Waals surface area contributed by atoms with E-state index in [1.54, 1.807) is 6.08 Å². The molecule has 3 rings (SSSR count). The van der Waals surface area contributed by atoms with Gasteiger partial charge in [0.05, 0.1) is 5.92 Å². The van der Waals surface area contributed by atoms with Gasteiger partial charge in [0.15, 0.2) is 0 Å². The SMILES string of the molecule is FC(F)(F)C1C=CC(C2(c3ccccc3)CCCC2)=CC1. The summed E-state index contributed by atoms with van der Waals surface area (Å²) in [6, 6.07) is 10.2. The Bertz CT molecular complexity index is 546. The zero-order valence-corrected chi connectivity index (χ0v) is 11.9. The van der Waals surface area contributed by atoms with E-state index >= 15 is 0 Å². The second kappa shape index (κ2) is 5.36. The average molecular weight is 292 g/mol. The van der Waals surface area contributed by atoms with Crippen LogP contribution in [-0.4, -0.2) is 6.18 Å². The smallest absolute Gasteiger partial charge is 0.170 e. The van der Waals surface area contributed by atoms with Gasteiger partial charge in [-0.3, -0.25) is 0 Å². The fraction of sp³-hybridized carbons (Fsp3) is 0.444. The van der Waals surface area contributed by atoms with Gasteiger partial charge in [0.2, 0.25) is 0 Å². The van der Waals surface area contributed by atoms with Gasteiger partial charge in [0, 0.05) is 5.41 Å². The highest BCUT2D eigenvalue weighted by Crippen LogP contribution is 2.49. The van der Waals surface area contributed by atoms with Gasteiger partial charge in [0.25, 0.3) is 0 Å². The molecule has 0 radical (unpaired) electrons. The van der Waals surface area contributed by atoms with Crippen LogP contribution in [0.5, 0.6) is 0 Å². The van der Waals surface area contributed by atoms with Crippen LogP contribution in [0, 0.1) is 5.92 Å². The molecule has 0 aromatic heterocycles. The van der Waals surface area contributed by atoms with Crippen molar-refractivity contribution in [3.63, 3.8) is 0 Å². The van der Waals surface area contributed by atoms with Crippen molar-refractivity contribution in [1.29, 1.82) is 0 Å². The lowest BCUT2D eigenvalue weighted by atomic mass is 9.70. The van der Waals surface area contributed by atoms with E-state index in [2.05, 4.69) is 12.1 Å². The van der Waals surface area contributed by atoms with E-state index < -0.39 is 12.1 Å². The van der Waals surface area contributed by atoms with Crippen LogP contribution in [0.15, 0.2) is 54.1 Å². The van der Waals surface area contributed by atoms with Crippen molar-refractivity contribution in [2.45, 2.75) is 43.7 Å². The van der Waals surface area contributed by atoms with Crippen molar-refractivity contribution in [3.8, 4) is 0 Å². The summed E-state index contributed by atoms with van der Waals surface area (Å²) >= 11 is 0. The van der Waals surface area contributed by atoms with Gasteiger partial charge in [-0.1, -0.05) is 61.4 Å². The van der Waals surface area contributed by atoms with Crippen LogP contribution < -0.4 is 0 Å². The Hall–Kier alpha value is -1.51. The lowest BCUT2D eigenvalue weighted by molar-refractivity contribution is -0.160. The summed E-state index contributed by atoms with van der Waals surface area (Å²) in [4.78, 5) is 0. The normalized spacial score (nSPS) is 24.9. The molecule has 1 saturated carbocycles. The topological polar surface area (TPSA) is 0 Å². The van der Waals surface area contributed by atoms with Crippen LogP contribution in [0.1, 0.15) is 37.7 Å². The van der Waals surface area contributed by atoms with E-state index in [9.17, 15) is 13.2 Å². The van der Waals surface area contributed by atoms with E-state index in [1.807, 2.05) is 24.3 Å². The van der Waals surface area contributed by atoms with Crippen molar-refractivity contribution in [2.24, 2.45) is 5.92 Å². The monoisotopic (exact) mass is 292 g/mol. The molecule has 1 atom stereocenters. The van der Waals surface area contributed by atoms with Crippen molar-refractivity contribution < 1.29 is 13.2 Å². The van der Waals surface area contributed by atoms with Gasteiger partial charge in [-0.25, -0.2) is 0 Å². The molecule has 3 heteroatoms. The first kappa shape index (κ1) is 14.4. The predicted molar refractivity (Wildman–Crippen MR) is 78.0 cm³/mol. The van der Waals surface area contributed by atoms with Gasteiger partial charge in [-0.15, -0.1) is 0 Å². The average Bonchev–Trinajstić information content (AvgIpc) is 2.98. The van der Waals surface area contributed by atoms with Gasteiger partial charge in [-0.2, -0.15) is 13.2 Å². The Kier molecular flexibility index (Phi) is 3.68. The minimum atomic E-state index is -4.13. The largest absolute Gasteiger partial charge is 0.395 e. The van der Waals surface area contributed by atoms with Crippen molar-refractivity contribution >= 4 is 0 Å². The first-order chi connectivity index (χ1) is 10.0. The third-order valence-corrected chi connectivity index (χ3v) is 4.86. The van der Waals surface area contributed by atoms with Crippen molar-refractivity contribution in [3.05, 3.63) is 59.7 Å². The summed E-state index contributed by atoms with van der Waals surface area (Å²) in [7, 11) is 0. The molecule has 0 N–H and O–H groups in total. The van der Waals surface area contributed by atoms with Gasteiger partial charge in [0.1, 0.15) is 0 Å². The number of rotatable bonds is 2. The number of allylic oxidation sites excluding steroid dienone is 4. The number of hydrogen-bond donors (Lipinski definition) is 0. The first-order valence-electron chi connectivity index (χ1n) is 7.53. The third-order valence-electron chi connectivity index (χ3n) is 4.86. The van der Waals surface area contributed by atoms with Crippen molar-refractivity contribution in [1.82, 2.24) is 0 Å². The zero-order chi connectivity index (χ0) is 14.9. The predicted octanol–water partition coefficient (Wildman–Crippen LogP) is 5.56. The minimum absolute atomic E-state index is 0.0733. The summed E-state index contributed by atoms with van der Waals surface area (Å²) in [5.41, 5.74) is 2.24. The van der Waals surface area contributed by atoms with Crippen LogP contribution in [0.4, 0.5) is 13.2 Å². The van der Waals surface area contributed by atoms with Gasteiger partial charge >= 0.3 is 6.18 Å². The summed E-state index contributed by atoms with van der Waals surface area (Å²) in [6.45, 7) is 0. The lowest BCUT2D eigenvalue weighted by Gasteiger charge is -2.34. The van der Waals surface area contributed by atoms with E-state index in [-0.39, 0.29) is 11.8 Å². The molecular formula is C18H19F3. The highest BCUT2D eigenvalue weighted by Gasteiger charge is 2.42. The van der Waals surface area contributed by atoms with Crippen LogP contribution >= 0.6 is 0 Å². The molecule has 0 aliphatic heterocycles. The molecule has 21 heavy (non-hydrogen) atoms. The highest BCUT2D eigenvalue weighted by atomic mass is 19.4. The third kappa shape index (κ3) is 2.66. The number of alkyl halides is 3. The molecule has 1 aromatic rings. The number of halogens is 3. The Morgan fingerprint density at radius 3 is 2.19 bits per heavy atom. The summed E-state index contributed by atoms with van der Waals surface area (Å²) in [6.07, 6.45) is 5.17. The molecular weight excluding hydrogens is 273 g/mol. The molecule has 0 bridgehead atoms. The van der Waals surface area contributed by atoms with E-state index in [4.69, 9.17) is 0 Å². The Labute approximate surface area is 123 Å². The van der Waals surface area contributed by atoms with Crippen LogP contribution in [0.2, 0.25) is 0 Å². The summed E-state index contributed by atoms with van der Waals surface area (Å²) < 4.78 is 38.4. The Morgan fingerprint density at radius 2 is 1.67 bits per heavy atom. The number of hydrogen-bond acceptors (Lipinski definition) is 0. The molecule has 2 aliphatic rings. The summed E-state index contributed by atoms with van der Waals surface area (Å²) in [5.74, 6) is -1.32. The Morgan fingerprint density at radius 1 is 1.00 bits per heavy atom. The highest BCUT2D eigenvalue weighted by molar-refractivity contribution is 5.44. The summed E-state index contributed by atoms with van der Waals surface area (Å²) in [5, 5.41) is 0. The molecule has 0 amide bonds. The van der Waals surface area contributed by atoms with E-state index in [0.717, 1.165) is 31.3 Å².